The quantitative estimate of drug-likeness (QED) is 0.878. The predicted octanol–water partition coefficient (Wildman–Crippen LogP) is 2.09. The van der Waals surface area contributed by atoms with E-state index in [0.717, 1.165) is 5.69 Å². The molecule has 0 spiro atoms. The monoisotopic (exact) mass is 231 g/mol. The molecule has 0 fully saturated rings. The highest BCUT2D eigenvalue weighted by Crippen LogP contribution is 2.14. The fourth-order valence-electron chi connectivity index (χ4n) is 1.46. The molecule has 0 radical (unpaired) electrons. The standard InChI is InChI=1S/C12H13N3O2/c1-8(2)11-3-4-15(14-11)10-5-9(12(16)17)6-13-7-10/h3-8H,1-2H3,(H,16,17). The average Bonchev–Trinajstić information content (AvgIpc) is 2.78. The van der Waals surface area contributed by atoms with Crippen LogP contribution in [-0.2, 0) is 0 Å². The summed E-state index contributed by atoms with van der Waals surface area (Å²) in [5.74, 6) is -0.651. The highest BCUT2D eigenvalue weighted by Gasteiger charge is 2.08. The van der Waals surface area contributed by atoms with Crippen molar-refractivity contribution in [3.05, 3.63) is 42.0 Å². The second-order valence-electron chi connectivity index (χ2n) is 4.08. The van der Waals surface area contributed by atoms with Crippen molar-refractivity contribution in [2.24, 2.45) is 0 Å². The number of hydrogen-bond donors (Lipinski definition) is 1. The maximum absolute atomic E-state index is 10.8. The fraction of sp³-hybridized carbons (Fsp3) is 0.250. The SMILES string of the molecule is CC(C)c1ccn(-c2cncc(C(=O)O)c2)n1. The van der Waals surface area contributed by atoms with Gasteiger partial charge in [0.15, 0.2) is 0 Å². The highest BCUT2D eigenvalue weighted by atomic mass is 16.4. The van der Waals surface area contributed by atoms with Gasteiger partial charge in [0.25, 0.3) is 0 Å². The summed E-state index contributed by atoms with van der Waals surface area (Å²) in [6.07, 6.45) is 4.71. The summed E-state index contributed by atoms with van der Waals surface area (Å²) in [6.45, 7) is 4.11. The van der Waals surface area contributed by atoms with Gasteiger partial charge in [-0.05, 0) is 18.1 Å². The van der Waals surface area contributed by atoms with Crippen molar-refractivity contribution >= 4 is 5.97 Å². The van der Waals surface area contributed by atoms with Crippen LogP contribution in [0.25, 0.3) is 5.69 Å². The highest BCUT2D eigenvalue weighted by molar-refractivity contribution is 5.87. The summed E-state index contributed by atoms with van der Waals surface area (Å²) in [5, 5.41) is 13.2. The van der Waals surface area contributed by atoms with E-state index < -0.39 is 5.97 Å². The Balaban J connectivity index is 2.38. The van der Waals surface area contributed by atoms with Crippen LogP contribution in [0.5, 0.6) is 0 Å². The molecule has 2 heterocycles. The first-order chi connectivity index (χ1) is 8.08. The molecule has 0 saturated carbocycles. The molecule has 0 unspecified atom stereocenters. The van der Waals surface area contributed by atoms with Gasteiger partial charge in [-0.1, -0.05) is 13.8 Å². The van der Waals surface area contributed by atoms with E-state index in [1.807, 2.05) is 6.07 Å². The van der Waals surface area contributed by atoms with Gasteiger partial charge in [-0.2, -0.15) is 5.10 Å². The second kappa shape index (κ2) is 4.37. The minimum Gasteiger partial charge on any atom is -0.478 e. The van der Waals surface area contributed by atoms with E-state index in [1.165, 1.54) is 6.20 Å². The van der Waals surface area contributed by atoms with E-state index in [-0.39, 0.29) is 5.56 Å². The topological polar surface area (TPSA) is 68.0 Å². The Bertz CT molecular complexity index is 546. The summed E-state index contributed by atoms with van der Waals surface area (Å²) in [4.78, 5) is 14.7. The molecular weight excluding hydrogens is 218 g/mol. The zero-order valence-electron chi connectivity index (χ0n) is 9.66. The van der Waals surface area contributed by atoms with Crippen molar-refractivity contribution in [3.63, 3.8) is 0 Å². The number of pyridine rings is 1. The van der Waals surface area contributed by atoms with E-state index in [1.54, 1.807) is 23.1 Å². The van der Waals surface area contributed by atoms with Crippen LogP contribution >= 0.6 is 0 Å². The third-order valence-corrected chi connectivity index (χ3v) is 2.44. The lowest BCUT2D eigenvalue weighted by Crippen LogP contribution is -2.02. The molecule has 2 rings (SSSR count). The first-order valence-electron chi connectivity index (χ1n) is 5.32. The van der Waals surface area contributed by atoms with Crippen molar-refractivity contribution < 1.29 is 9.90 Å². The number of hydrogen-bond acceptors (Lipinski definition) is 3. The lowest BCUT2D eigenvalue weighted by atomic mass is 10.1. The number of nitrogens with zero attached hydrogens (tertiary/aromatic N) is 3. The first-order valence-corrected chi connectivity index (χ1v) is 5.32. The number of carbonyl (C=O) groups is 1. The van der Waals surface area contributed by atoms with Crippen molar-refractivity contribution in [1.29, 1.82) is 0 Å². The van der Waals surface area contributed by atoms with Crippen LogP contribution in [-0.4, -0.2) is 25.8 Å². The summed E-state index contributed by atoms with van der Waals surface area (Å²) < 4.78 is 1.63. The first kappa shape index (κ1) is 11.3. The van der Waals surface area contributed by atoms with E-state index in [0.29, 0.717) is 11.6 Å². The molecule has 88 valence electrons. The van der Waals surface area contributed by atoms with Gasteiger partial charge in [0.05, 0.1) is 23.1 Å². The third kappa shape index (κ3) is 2.33. The Labute approximate surface area is 98.7 Å². The number of aromatic carboxylic acids is 1. The normalized spacial score (nSPS) is 10.8. The lowest BCUT2D eigenvalue weighted by Gasteiger charge is -2.02. The zero-order chi connectivity index (χ0) is 12.4. The minimum atomic E-state index is -0.990. The van der Waals surface area contributed by atoms with Crippen LogP contribution in [0.4, 0.5) is 0 Å². The maximum atomic E-state index is 10.8. The van der Waals surface area contributed by atoms with Gasteiger partial charge in [0.1, 0.15) is 0 Å². The van der Waals surface area contributed by atoms with Crippen LogP contribution in [0.15, 0.2) is 30.7 Å². The Morgan fingerprint density at radius 3 is 2.76 bits per heavy atom. The molecule has 0 bridgehead atoms. The molecule has 0 amide bonds. The van der Waals surface area contributed by atoms with Crippen LogP contribution < -0.4 is 0 Å². The number of aromatic nitrogens is 3. The van der Waals surface area contributed by atoms with Gasteiger partial charge in [0.2, 0.25) is 0 Å². The molecule has 0 aliphatic heterocycles. The Kier molecular flexibility index (Phi) is 2.91. The Hall–Kier alpha value is -2.17. The molecule has 1 N–H and O–H groups in total. The van der Waals surface area contributed by atoms with Gasteiger partial charge in [-0.15, -0.1) is 0 Å². The molecule has 5 nitrogen and oxygen atoms in total. The van der Waals surface area contributed by atoms with Gasteiger partial charge >= 0.3 is 5.97 Å². The van der Waals surface area contributed by atoms with E-state index >= 15 is 0 Å². The van der Waals surface area contributed by atoms with Crippen LogP contribution in [0.2, 0.25) is 0 Å². The molecular formula is C12H13N3O2. The summed E-state index contributed by atoms with van der Waals surface area (Å²) >= 11 is 0. The molecule has 0 aliphatic rings. The Morgan fingerprint density at radius 1 is 1.41 bits per heavy atom. The van der Waals surface area contributed by atoms with E-state index in [9.17, 15) is 4.79 Å². The van der Waals surface area contributed by atoms with Crippen molar-refractivity contribution in [2.75, 3.05) is 0 Å². The molecule has 0 saturated heterocycles. The van der Waals surface area contributed by atoms with Crippen molar-refractivity contribution in [1.82, 2.24) is 14.8 Å². The molecule has 2 aromatic rings. The average molecular weight is 231 g/mol. The van der Waals surface area contributed by atoms with Crippen molar-refractivity contribution in [2.45, 2.75) is 19.8 Å². The largest absolute Gasteiger partial charge is 0.478 e. The summed E-state index contributed by atoms with van der Waals surface area (Å²) in [5.41, 5.74) is 1.77. The Morgan fingerprint density at radius 2 is 2.18 bits per heavy atom. The van der Waals surface area contributed by atoms with Gasteiger partial charge in [-0.3, -0.25) is 4.98 Å². The fourth-order valence-corrected chi connectivity index (χ4v) is 1.46. The lowest BCUT2D eigenvalue weighted by molar-refractivity contribution is 0.0696. The van der Waals surface area contributed by atoms with Gasteiger partial charge < -0.3 is 5.11 Å². The number of carboxylic acids is 1. The molecule has 0 atom stereocenters. The zero-order valence-corrected chi connectivity index (χ0v) is 9.66. The third-order valence-electron chi connectivity index (χ3n) is 2.44. The molecule has 5 heteroatoms. The molecule has 0 aliphatic carbocycles. The number of carboxylic acid groups (broad SMARTS) is 1. The van der Waals surface area contributed by atoms with Crippen LogP contribution in [0, 0.1) is 0 Å². The summed E-state index contributed by atoms with van der Waals surface area (Å²) in [6, 6.07) is 3.46. The minimum absolute atomic E-state index is 0.157. The van der Waals surface area contributed by atoms with Crippen LogP contribution in [0.3, 0.4) is 0 Å². The number of rotatable bonds is 3. The smallest absolute Gasteiger partial charge is 0.337 e. The molecule has 2 aromatic heterocycles. The summed E-state index contributed by atoms with van der Waals surface area (Å²) in [7, 11) is 0. The second-order valence-corrected chi connectivity index (χ2v) is 4.08. The molecule has 0 aromatic carbocycles. The van der Waals surface area contributed by atoms with Crippen molar-refractivity contribution in [3.8, 4) is 5.69 Å². The molecule has 17 heavy (non-hydrogen) atoms. The van der Waals surface area contributed by atoms with E-state index in [2.05, 4.69) is 23.9 Å². The van der Waals surface area contributed by atoms with Gasteiger partial charge in [0, 0.05) is 12.4 Å². The maximum Gasteiger partial charge on any atom is 0.337 e. The predicted molar refractivity (Wildman–Crippen MR) is 62.4 cm³/mol. The van der Waals surface area contributed by atoms with Crippen LogP contribution in [0.1, 0.15) is 35.8 Å². The van der Waals surface area contributed by atoms with Gasteiger partial charge in [-0.25, -0.2) is 9.48 Å². The van der Waals surface area contributed by atoms with E-state index in [4.69, 9.17) is 5.11 Å².